The molecule has 1 heterocycles. The average Bonchev–Trinajstić information content (AvgIpc) is 2.97. The maximum Gasteiger partial charge on any atom is 0.373 e. The van der Waals surface area contributed by atoms with Crippen LogP contribution < -0.4 is 10.2 Å². The van der Waals surface area contributed by atoms with E-state index >= 15 is 0 Å². The molecule has 0 bridgehead atoms. The Hall–Kier alpha value is -2.31. The van der Waals surface area contributed by atoms with Crippen LogP contribution in [0.15, 0.2) is 40.8 Å². The van der Waals surface area contributed by atoms with Crippen LogP contribution in [-0.2, 0) is 16.1 Å². The third-order valence-corrected chi connectivity index (χ3v) is 3.37. The number of quaternary nitrogens is 1. The standard InChI is InChI=1S/C16H17ClN2O4/c1-19(9-13-7-8-14(23-13)16(21)22-2)10-15(20)18-12-5-3-11(17)4-6-12/h3-8H,9-10H2,1-2H3,(H,18,20)/p+1. The molecule has 0 radical (unpaired) electrons. The Kier molecular flexibility index (Phi) is 5.78. The number of methoxy groups -OCH3 is 1. The SMILES string of the molecule is COC(=O)c1ccc(C[NH+](C)CC(=O)Nc2ccc(Cl)cc2)o1. The molecule has 0 spiro atoms. The molecule has 2 rings (SSSR count). The molecule has 7 heteroatoms. The van der Waals surface area contributed by atoms with Gasteiger partial charge in [0.1, 0.15) is 6.54 Å². The van der Waals surface area contributed by atoms with Gasteiger partial charge in [-0.25, -0.2) is 4.79 Å². The molecule has 122 valence electrons. The highest BCUT2D eigenvalue weighted by molar-refractivity contribution is 6.30. The number of nitrogens with one attached hydrogen (secondary N) is 2. The maximum absolute atomic E-state index is 12.0. The number of ether oxygens (including phenoxy) is 1. The van der Waals surface area contributed by atoms with E-state index in [4.69, 9.17) is 16.0 Å². The summed E-state index contributed by atoms with van der Waals surface area (Å²) in [4.78, 5) is 24.2. The summed E-state index contributed by atoms with van der Waals surface area (Å²) < 4.78 is 9.96. The van der Waals surface area contributed by atoms with Crippen molar-refractivity contribution in [2.45, 2.75) is 6.54 Å². The number of hydrogen-bond donors (Lipinski definition) is 2. The minimum Gasteiger partial charge on any atom is -0.463 e. The third kappa shape index (κ3) is 5.12. The van der Waals surface area contributed by atoms with Crippen molar-refractivity contribution >= 4 is 29.2 Å². The van der Waals surface area contributed by atoms with Crippen LogP contribution in [0.4, 0.5) is 5.69 Å². The first-order valence-electron chi connectivity index (χ1n) is 7.01. The second-order valence-electron chi connectivity index (χ2n) is 5.12. The monoisotopic (exact) mass is 337 g/mol. The van der Waals surface area contributed by atoms with E-state index in [1.165, 1.54) is 7.11 Å². The van der Waals surface area contributed by atoms with Gasteiger partial charge in [-0.1, -0.05) is 11.6 Å². The molecule has 0 aliphatic carbocycles. The fourth-order valence-corrected chi connectivity index (χ4v) is 2.18. The summed E-state index contributed by atoms with van der Waals surface area (Å²) in [6.07, 6.45) is 0. The number of benzene rings is 1. The lowest BCUT2D eigenvalue weighted by molar-refractivity contribution is -0.886. The largest absolute Gasteiger partial charge is 0.463 e. The number of furan rings is 1. The summed E-state index contributed by atoms with van der Waals surface area (Å²) in [7, 11) is 3.16. The van der Waals surface area contributed by atoms with E-state index in [0.29, 0.717) is 23.0 Å². The zero-order valence-corrected chi connectivity index (χ0v) is 13.6. The molecule has 2 aromatic rings. The Morgan fingerprint density at radius 2 is 1.91 bits per heavy atom. The lowest BCUT2D eigenvalue weighted by Gasteiger charge is -2.12. The van der Waals surface area contributed by atoms with Crippen molar-refractivity contribution in [1.82, 2.24) is 0 Å². The number of likely N-dealkylation sites (N-methyl/N-ethyl adjacent to an activating group) is 1. The highest BCUT2D eigenvalue weighted by atomic mass is 35.5. The van der Waals surface area contributed by atoms with Crippen molar-refractivity contribution in [2.75, 3.05) is 26.0 Å². The number of carbonyl (C=O) groups is 2. The minimum absolute atomic E-state index is 0.121. The van der Waals surface area contributed by atoms with Gasteiger partial charge >= 0.3 is 5.97 Å². The van der Waals surface area contributed by atoms with Gasteiger partial charge in [-0.2, -0.15) is 0 Å². The average molecular weight is 338 g/mol. The van der Waals surface area contributed by atoms with Gasteiger partial charge in [0.15, 0.2) is 12.3 Å². The van der Waals surface area contributed by atoms with Crippen molar-refractivity contribution in [3.8, 4) is 0 Å². The zero-order chi connectivity index (χ0) is 16.8. The molecule has 1 aromatic heterocycles. The van der Waals surface area contributed by atoms with Crippen LogP contribution in [0.3, 0.4) is 0 Å². The summed E-state index contributed by atoms with van der Waals surface area (Å²) in [5.41, 5.74) is 0.693. The number of halogens is 1. The Labute approximate surface area is 139 Å². The first-order chi connectivity index (χ1) is 11.0. The fourth-order valence-electron chi connectivity index (χ4n) is 2.06. The van der Waals surface area contributed by atoms with Crippen LogP contribution in [0.1, 0.15) is 16.3 Å². The molecule has 0 fully saturated rings. The summed E-state index contributed by atoms with van der Waals surface area (Å²) in [5.74, 6) is 0.127. The molecule has 1 amide bonds. The lowest BCUT2D eigenvalue weighted by atomic mass is 10.3. The van der Waals surface area contributed by atoms with Crippen molar-refractivity contribution in [3.63, 3.8) is 0 Å². The molecule has 1 atom stereocenters. The van der Waals surface area contributed by atoms with E-state index in [2.05, 4.69) is 10.1 Å². The molecule has 6 nitrogen and oxygen atoms in total. The van der Waals surface area contributed by atoms with E-state index in [1.54, 1.807) is 36.4 Å². The van der Waals surface area contributed by atoms with Crippen molar-refractivity contribution in [3.05, 3.63) is 52.9 Å². The molecule has 0 aliphatic heterocycles. The van der Waals surface area contributed by atoms with E-state index in [9.17, 15) is 9.59 Å². The molecule has 1 unspecified atom stereocenters. The van der Waals surface area contributed by atoms with Gasteiger partial charge in [-0.05, 0) is 36.4 Å². The second kappa shape index (κ2) is 7.80. The van der Waals surface area contributed by atoms with E-state index < -0.39 is 5.97 Å². The molecular formula is C16H18ClN2O4+. The Morgan fingerprint density at radius 1 is 1.22 bits per heavy atom. The van der Waals surface area contributed by atoms with Crippen LogP contribution in [0, 0.1) is 0 Å². The van der Waals surface area contributed by atoms with Gasteiger partial charge in [0, 0.05) is 10.7 Å². The summed E-state index contributed by atoms with van der Waals surface area (Å²) in [5, 5.41) is 3.41. The number of rotatable bonds is 6. The summed E-state index contributed by atoms with van der Waals surface area (Å²) >= 11 is 5.80. The zero-order valence-electron chi connectivity index (χ0n) is 12.9. The van der Waals surface area contributed by atoms with E-state index in [0.717, 1.165) is 4.90 Å². The smallest absolute Gasteiger partial charge is 0.373 e. The van der Waals surface area contributed by atoms with Gasteiger partial charge in [-0.3, -0.25) is 4.79 Å². The van der Waals surface area contributed by atoms with Gasteiger partial charge < -0.3 is 19.4 Å². The molecule has 0 saturated carbocycles. The van der Waals surface area contributed by atoms with Crippen LogP contribution in [0.2, 0.25) is 5.02 Å². The number of amides is 1. The Morgan fingerprint density at radius 3 is 2.57 bits per heavy atom. The van der Waals surface area contributed by atoms with Crippen molar-refractivity contribution < 1.29 is 23.6 Å². The maximum atomic E-state index is 12.0. The second-order valence-corrected chi connectivity index (χ2v) is 5.56. The molecular weight excluding hydrogens is 320 g/mol. The van der Waals surface area contributed by atoms with Gasteiger partial charge in [-0.15, -0.1) is 0 Å². The van der Waals surface area contributed by atoms with Crippen molar-refractivity contribution in [1.29, 1.82) is 0 Å². The van der Waals surface area contributed by atoms with Crippen LogP contribution >= 0.6 is 11.6 Å². The number of carbonyl (C=O) groups excluding carboxylic acids is 2. The molecule has 2 N–H and O–H groups in total. The third-order valence-electron chi connectivity index (χ3n) is 3.11. The van der Waals surface area contributed by atoms with Gasteiger partial charge in [0.25, 0.3) is 5.91 Å². The number of hydrogen-bond acceptors (Lipinski definition) is 4. The fraction of sp³-hybridized carbons (Fsp3) is 0.250. The predicted octanol–water partition coefficient (Wildman–Crippen LogP) is 1.37. The molecule has 0 saturated heterocycles. The van der Waals surface area contributed by atoms with E-state index in [-0.39, 0.29) is 18.2 Å². The molecule has 1 aromatic carbocycles. The predicted molar refractivity (Wildman–Crippen MR) is 85.6 cm³/mol. The highest BCUT2D eigenvalue weighted by Gasteiger charge is 2.16. The van der Waals surface area contributed by atoms with Crippen LogP contribution in [0.25, 0.3) is 0 Å². The van der Waals surface area contributed by atoms with Crippen molar-refractivity contribution in [2.24, 2.45) is 0 Å². The topological polar surface area (TPSA) is 73.0 Å². The minimum atomic E-state index is -0.519. The quantitative estimate of drug-likeness (QED) is 0.781. The first kappa shape index (κ1) is 17.1. The molecule has 23 heavy (non-hydrogen) atoms. The van der Waals surface area contributed by atoms with Gasteiger partial charge in [0.2, 0.25) is 5.76 Å². The molecule has 0 aliphatic rings. The summed E-state index contributed by atoms with van der Waals surface area (Å²) in [6.45, 7) is 0.738. The lowest BCUT2D eigenvalue weighted by Crippen LogP contribution is -3.08. The first-order valence-corrected chi connectivity index (χ1v) is 7.39. The Balaban J connectivity index is 1.85. The van der Waals surface area contributed by atoms with Crippen LogP contribution in [0.5, 0.6) is 0 Å². The van der Waals surface area contributed by atoms with E-state index in [1.807, 2.05) is 7.05 Å². The summed E-state index contributed by atoms with van der Waals surface area (Å²) in [6, 6.07) is 10.2. The number of esters is 1. The highest BCUT2D eigenvalue weighted by Crippen LogP contribution is 2.13. The normalized spacial score (nSPS) is 11.8. The number of anilines is 1. The van der Waals surface area contributed by atoms with Gasteiger partial charge in [0.05, 0.1) is 14.2 Å². The van der Waals surface area contributed by atoms with Crippen LogP contribution in [-0.4, -0.2) is 32.6 Å². The Bertz CT molecular complexity index is 682.